The first kappa shape index (κ1) is 15.9. The van der Waals surface area contributed by atoms with Gasteiger partial charge in [-0.2, -0.15) is 0 Å². The van der Waals surface area contributed by atoms with E-state index in [1.165, 1.54) is 71.2 Å². The van der Waals surface area contributed by atoms with Gasteiger partial charge in [0.15, 0.2) is 0 Å². The highest BCUT2D eigenvalue weighted by atomic mass is 15.2. The summed E-state index contributed by atoms with van der Waals surface area (Å²) in [5.41, 5.74) is 0. The Balaban J connectivity index is 0.00000106. The highest BCUT2D eigenvalue weighted by molar-refractivity contribution is 4.67. The minimum Gasteiger partial charge on any atom is -0.314 e. The maximum Gasteiger partial charge on any atom is 0.0107 e. The molecule has 1 fully saturated rings. The molecule has 1 heterocycles. The summed E-state index contributed by atoms with van der Waals surface area (Å²) in [5.74, 6) is 0. The lowest BCUT2D eigenvalue weighted by Gasteiger charge is -2.26. The van der Waals surface area contributed by atoms with Crippen molar-refractivity contribution in [3.8, 4) is 0 Å². The number of unbranched alkanes of at least 4 members (excludes halogenated alkanes) is 5. The van der Waals surface area contributed by atoms with E-state index in [0.717, 1.165) is 0 Å². The van der Waals surface area contributed by atoms with E-state index in [4.69, 9.17) is 0 Å². The summed E-state index contributed by atoms with van der Waals surface area (Å²) in [6.45, 7) is 12.5. The Bertz CT molecular complexity index is 120. The van der Waals surface area contributed by atoms with Crippen LogP contribution in [0, 0.1) is 0 Å². The highest BCUT2D eigenvalue weighted by Gasteiger charge is 2.07. The summed E-state index contributed by atoms with van der Waals surface area (Å²) in [7, 11) is 0. The second kappa shape index (κ2) is 13.0. The van der Waals surface area contributed by atoms with Crippen molar-refractivity contribution in [2.24, 2.45) is 0 Å². The number of hydrogen-bond acceptors (Lipinski definition) is 2. The Morgan fingerprint density at radius 3 is 2.06 bits per heavy atom. The van der Waals surface area contributed by atoms with Gasteiger partial charge in [-0.05, 0) is 13.0 Å². The monoisotopic (exact) mass is 228 g/mol. The Morgan fingerprint density at radius 2 is 1.44 bits per heavy atom. The molecule has 0 bridgehead atoms. The molecular formula is C14H32N2. The van der Waals surface area contributed by atoms with Crippen molar-refractivity contribution in [1.29, 1.82) is 0 Å². The summed E-state index contributed by atoms with van der Waals surface area (Å²) in [4.78, 5) is 2.59. The smallest absolute Gasteiger partial charge is 0.0107 e. The van der Waals surface area contributed by atoms with Crippen LogP contribution in [0.25, 0.3) is 0 Å². The molecule has 0 unspecified atom stereocenters. The fourth-order valence-corrected chi connectivity index (χ4v) is 2.05. The standard InChI is InChI=1S/C12H26N2.C2H6/c1-2-3-4-5-6-7-10-14-11-8-13-9-12-14;1-2/h13H,2-12H2,1H3;1-2H3. The second-order valence-electron chi connectivity index (χ2n) is 4.36. The van der Waals surface area contributed by atoms with Crippen LogP contribution in [0.2, 0.25) is 0 Å². The SMILES string of the molecule is CC.CCCCCCCCN1CCNCC1. The number of piperazine rings is 1. The van der Waals surface area contributed by atoms with E-state index in [2.05, 4.69) is 17.1 Å². The van der Waals surface area contributed by atoms with Crippen molar-refractivity contribution in [1.82, 2.24) is 10.2 Å². The molecule has 1 aliphatic heterocycles. The van der Waals surface area contributed by atoms with E-state index in [0.29, 0.717) is 0 Å². The van der Waals surface area contributed by atoms with Crippen LogP contribution in [-0.4, -0.2) is 37.6 Å². The van der Waals surface area contributed by atoms with Gasteiger partial charge in [0.2, 0.25) is 0 Å². The molecule has 98 valence electrons. The van der Waals surface area contributed by atoms with Gasteiger partial charge in [0.25, 0.3) is 0 Å². The fourth-order valence-electron chi connectivity index (χ4n) is 2.05. The van der Waals surface area contributed by atoms with Gasteiger partial charge >= 0.3 is 0 Å². The molecule has 0 saturated carbocycles. The molecule has 0 aromatic carbocycles. The topological polar surface area (TPSA) is 15.3 Å². The van der Waals surface area contributed by atoms with E-state index in [-0.39, 0.29) is 0 Å². The first-order valence-corrected chi connectivity index (χ1v) is 7.36. The molecule has 1 rings (SSSR count). The Hall–Kier alpha value is -0.0800. The van der Waals surface area contributed by atoms with Crippen molar-refractivity contribution in [2.45, 2.75) is 59.3 Å². The van der Waals surface area contributed by atoms with Crippen molar-refractivity contribution in [2.75, 3.05) is 32.7 Å². The minimum atomic E-state index is 1.19. The molecule has 16 heavy (non-hydrogen) atoms. The first-order chi connectivity index (χ1) is 7.93. The predicted molar refractivity (Wildman–Crippen MR) is 74.0 cm³/mol. The molecule has 0 aromatic heterocycles. The predicted octanol–water partition coefficient (Wildman–Crippen LogP) is 3.28. The van der Waals surface area contributed by atoms with Gasteiger partial charge in [-0.3, -0.25) is 0 Å². The lowest BCUT2D eigenvalue weighted by atomic mass is 10.1. The fraction of sp³-hybridized carbons (Fsp3) is 1.00. The van der Waals surface area contributed by atoms with E-state index in [1.807, 2.05) is 13.8 Å². The molecule has 0 radical (unpaired) electrons. The van der Waals surface area contributed by atoms with Crippen LogP contribution < -0.4 is 5.32 Å². The number of nitrogens with zero attached hydrogens (tertiary/aromatic N) is 1. The molecular weight excluding hydrogens is 196 g/mol. The number of rotatable bonds is 7. The average molecular weight is 228 g/mol. The van der Waals surface area contributed by atoms with Crippen LogP contribution in [-0.2, 0) is 0 Å². The molecule has 0 spiro atoms. The van der Waals surface area contributed by atoms with Crippen molar-refractivity contribution in [3.05, 3.63) is 0 Å². The molecule has 0 aliphatic carbocycles. The third kappa shape index (κ3) is 9.17. The zero-order chi connectivity index (χ0) is 12.1. The average Bonchev–Trinajstić information content (AvgIpc) is 2.37. The van der Waals surface area contributed by atoms with Gasteiger partial charge < -0.3 is 10.2 Å². The third-order valence-electron chi connectivity index (χ3n) is 3.04. The zero-order valence-corrected chi connectivity index (χ0v) is 11.7. The largest absolute Gasteiger partial charge is 0.314 e. The minimum absolute atomic E-state index is 1.19. The Kier molecular flexibility index (Phi) is 12.9. The van der Waals surface area contributed by atoms with Gasteiger partial charge in [-0.15, -0.1) is 0 Å². The van der Waals surface area contributed by atoms with E-state index in [9.17, 15) is 0 Å². The second-order valence-corrected chi connectivity index (χ2v) is 4.36. The van der Waals surface area contributed by atoms with E-state index >= 15 is 0 Å². The number of hydrogen-bond donors (Lipinski definition) is 1. The lowest BCUT2D eigenvalue weighted by molar-refractivity contribution is 0.236. The number of nitrogens with one attached hydrogen (secondary N) is 1. The van der Waals surface area contributed by atoms with Crippen molar-refractivity contribution < 1.29 is 0 Å². The Labute approximate surface area is 103 Å². The zero-order valence-electron chi connectivity index (χ0n) is 11.7. The summed E-state index contributed by atoms with van der Waals surface area (Å²) in [6, 6.07) is 0. The van der Waals surface area contributed by atoms with Crippen LogP contribution in [0.3, 0.4) is 0 Å². The Morgan fingerprint density at radius 1 is 0.875 bits per heavy atom. The lowest BCUT2D eigenvalue weighted by Crippen LogP contribution is -2.43. The van der Waals surface area contributed by atoms with Crippen LogP contribution >= 0.6 is 0 Å². The summed E-state index contributed by atoms with van der Waals surface area (Å²) >= 11 is 0. The molecule has 0 aromatic rings. The van der Waals surface area contributed by atoms with Crippen LogP contribution in [0.15, 0.2) is 0 Å². The quantitative estimate of drug-likeness (QED) is 0.673. The van der Waals surface area contributed by atoms with Gasteiger partial charge in [0.05, 0.1) is 0 Å². The molecule has 2 heteroatoms. The maximum atomic E-state index is 3.39. The molecule has 1 N–H and O–H groups in total. The summed E-state index contributed by atoms with van der Waals surface area (Å²) < 4.78 is 0. The van der Waals surface area contributed by atoms with E-state index < -0.39 is 0 Å². The summed E-state index contributed by atoms with van der Waals surface area (Å²) in [6.07, 6.45) is 8.51. The summed E-state index contributed by atoms with van der Waals surface area (Å²) in [5, 5.41) is 3.39. The van der Waals surface area contributed by atoms with Gasteiger partial charge in [-0.1, -0.05) is 52.9 Å². The highest BCUT2D eigenvalue weighted by Crippen LogP contribution is 2.06. The molecule has 1 aliphatic rings. The van der Waals surface area contributed by atoms with Crippen LogP contribution in [0.4, 0.5) is 0 Å². The van der Waals surface area contributed by atoms with Gasteiger partial charge in [0.1, 0.15) is 0 Å². The van der Waals surface area contributed by atoms with Crippen molar-refractivity contribution in [3.63, 3.8) is 0 Å². The van der Waals surface area contributed by atoms with E-state index in [1.54, 1.807) is 0 Å². The van der Waals surface area contributed by atoms with Gasteiger partial charge in [-0.25, -0.2) is 0 Å². The van der Waals surface area contributed by atoms with Crippen LogP contribution in [0.5, 0.6) is 0 Å². The molecule has 1 saturated heterocycles. The first-order valence-electron chi connectivity index (χ1n) is 7.36. The van der Waals surface area contributed by atoms with Crippen molar-refractivity contribution >= 4 is 0 Å². The maximum absolute atomic E-state index is 3.39. The normalized spacial score (nSPS) is 16.7. The van der Waals surface area contributed by atoms with Gasteiger partial charge in [0, 0.05) is 26.2 Å². The third-order valence-corrected chi connectivity index (χ3v) is 3.04. The molecule has 2 nitrogen and oxygen atoms in total. The molecule has 0 atom stereocenters. The molecule has 0 amide bonds. The van der Waals surface area contributed by atoms with Crippen LogP contribution in [0.1, 0.15) is 59.3 Å².